The van der Waals surface area contributed by atoms with Gasteiger partial charge in [0, 0.05) is 34.4 Å². The van der Waals surface area contributed by atoms with Gasteiger partial charge in [0.1, 0.15) is 5.60 Å². The van der Waals surface area contributed by atoms with E-state index in [-0.39, 0.29) is 17.8 Å². The molecule has 1 fully saturated rings. The molecule has 0 radical (unpaired) electrons. The molecule has 0 aromatic heterocycles. The number of hydrogen-bond acceptors (Lipinski definition) is 4. The van der Waals surface area contributed by atoms with Crippen LogP contribution in [0, 0.1) is 12.8 Å². The molecular formula is C24H29NO3S. The minimum atomic E-state index is -0.498. The van der Waals surface area contributed by atoms with Crippen LogP contribution in [0.5, 0.6) is 0 Å². The molecule has 0 unspecified atom stereocenters. The van der Waals surface area contributed by atoms with E-state index in [2.05, 4.69) is 31.2 Å². The van der Waals surface area contributed by atoms with Gasteiger partial charge in [-0.25, -0.2) is 4.79 Å². The number of ether oxygens (including phenoxy) is 1. The third kappa shape index (κ3) is 6.10. The summed E-state index contributed by atoms with van der Waals surface area (Å²) in [6, 6.07) is 16.3. The maximum absolute atomic E-state index is 12.9. The summed E-state index contributed by atoms with van der Waals surface area (Å²) in [5, 5.41) is 0. The quantitative estimate of drug-likeness (QED) is 0.581. The lowest BCUT2D eigenvalue weighted by molar-refractivity contribution is 0.0182. The van der Waals surface area contributed by atoms with Crippen LogP contribution in [0.2, 0.25) is 0 Å². The van der Waals surface area contributed by atoms with Crippen molar-refractivity contribution < 1.29 is 14.3 Å². The average Bonchev–Trinajstić information content (AvgIpc) is 2.69. The van der Waals surface area contributed by atoms with Crippen LogP contribution in [-0.4, -0.2) is 35.5 Å². The smallest absolute Gasteiger partial charge is 0.410 e. The highest BCUT2D eigenvalue weighted by Gasteiger charge is 2.30. The fraction of sp³-hybridized carbons (Fsp3) is 0.417. The Bertz CT molecular complexity index is 845. The fourth-order valence-corrected chi connectivity index (χ4v) is 4.13. The van der Waals surface area contributed by atoms with Crippen LogP contribution in [-0.2, 0) is 4.74 Å². The Balaban J connectivity index is 1.54. The molecule has 1 aliphatic rings. The largest absolute Gasteiger partial charge is 0.444 e. The molecule has 2 aromatic rings. The van der Waals surface area contributed by atoms with E-state index in [0.29, 0.717) is 25.9 Å². The topological polar surface area (TPSA) is 46.6 Å². The van der Waals surface area contributed by atoms with Crippen molar-refractivity contribution in [3.8, 4) is 0 Å². The maximum Gasteiger partial charge on any atom is 0.410 e. The van der Waals surface area contributed by atoms with E-state index in [4.69, 9.17) is 4.74 Å². The van der Waals surface area contributed by atoms with Crippen molar-refractivity contribution in [3.63, 3.8) is 0 Å². The van der Waals surface area contributed by atoms with E-state index in [1.54, 1.807) is 16.7 Å². The molecule has 1 heterocycles. The van der Waals surface area contributed by atoms with Gasteiger partial charge in [0.05, 0.1) is 0 Å². The second-order valence-corrected chi connectivity index (χ2v) is 9.69. The lowest BCUT2D eigenvalue weighted by Gasteiger charge is -2.33. The van der Waals surface area contributed by atoms with Crippen LogP contribution in [0.1, 0.15) is 49.5 Å². The number of Topliss-reactive ketones (excluding diaryl/α,β-unsaturated/α-hetero) is 1. The molecule has 2 aromatic carbocycles. The van der Waals surface area contributed by atoms with Crippen molar-refractivity contribution in [2.45, 2.75) is 55.9 Å². The molecule has 3 rings (SSSR count). The first-order valence-corrected chi connectivity index (χ1v) is 10.9. The second kappa shape index (κ2) is 9.04. The van der Waals surface area contributed by atoms with Gasteiger partial charge < -0.3 is 9.64 Å². The van der Waals surface area contributed by atoms with Crippen LogP contribution < -0.4 is 0 Å². The molecule has 1 amide bonds. The number of amides is 1. The molecule has 0 spiro atoms. The third-order valence-corrected chi connectivity index (χ3v) is 5.93. The van der Waals surface area contributed by atoms with Gasteiger partial charge in [0.15, 0.2) is 5.78 Å². The fourth-order valence-electron chi connectivity index (χ4n) is 3.32. The van der Waals surface area contributed by atoms with Crippen LogP contribution in [0.3, 0.4) is 0 Å². The zero-order chi connectivity index (χ0) is 21.0. The molecule has 29 heavy (non-hydrogen) atoms. The maximum atomic E-state index is 12.9. The van der Waals surface area contributed by atoms with Gasteiger partial charge in [-0.3, -0.25) is 4.79 Å². The van der Waals surface area contributed by atoms with Crippen molar-refractivity contribution in [1.82, 2.24) is 4.90 Å². The summed E-state index contributed by atoms with van der Waals surface area (Å²) in [5.41, 5.74) is 1.49. The predicted molar refractivity (Wildman–Crippen MR) is 117 cm³/mol. The molecule has 1 aliphatic heterocycles. The Morgan fingerprint density at radius 2 is 1.45 bits per heavy atom. The Labute approximate surface area is 177 Å². The summed E-state index contributed by atoms with van der Waals surface area (Å²) in [4.78, 5) is 29.1. The molecule has 0 aliphatic carbocycles. The first kappa shape index (κ1) is 21.4. The van der Waals surface area contributed by atoms with Crippen LogP contribution in [0.4, 0.5) is 4.79 Å². The van der Waals surface area contributed by atoms with Crippen LogP contribution in [0.25, 0.3) is 0 Å². The van der Waals surface area contributed by atoms with Crippen molar-refractivity contribution >= 4 is 23.6 Å². The predicted octanol–water partition coefficient (Wildman–Crippen LogP) is 5.98. The van der Waals surface area contributed by atoms with E-state index >= 15 is 0 Å². The molecule has 5 heteroatoms. The molecule has 154 valence electrons. The number of likely N-dealkylation sites (tertiary alicyclic amines) is 1. The molecule has 0 bridgehead atoms. The molecule has 0 saturated carbocycles. The van der Waals surface area contributed by atoms with Crippen molar-refractivity contribution in [1.29, 1.82) is 0 Å². The number of hydrogen-bond donors (Lipinski definition) is 0. The van der Waals surface area contributed by atoms with E-state index in [9.17, 15) is 9.59 Å². The molecule has 0 N–H and O–H groups in total. The number of piperidine rings is 1. The summed E-state index contributed by atoms with van der Waals surface area (Å²) in [7, 11) is 0. The van der Waals surface area contributed by atoms with Gasteiger partial charge in [0.25, 0.3) is 0 Å². The van der Waals surface area contributed by atoms with E-state index in [1.807, 2.05) is 45.0 Å². The highest BCUT2D eigenvalue weighted by atomic mass is 32.2. The van der Waals surface area contributed by atoms with Gasteiger partial charge >= 0.3 is 6.09 Å². The number of benzene rings is 2. The summed E-state index contributed by atoms with van der Waals surface area (Å²) in [6.45, 7) is 8.79. The van der Waals surface area contributed by atoms with Crippen LogP contribution in [0.15, 0.2) is 58.3 Å². The summed E-state index contributed by atoms with van der Waals surface area (Å²) in [6.07, 6.45) is 1.07. The number of carbonyl (C=O) groups is 2. The second-order valence-electron chi connectivity index (χ2n) is 8.55. The van der Waals surface area contributed by atoms with Gasteiger partial charge in [-0.05, 0) is 64.8 Å². The number of rotatable bonds is 4. The third-order valence-electron chi connectivity index (χ3n) is 4.91. The van der Waals surface area contributed by atoms with E-state index in [0.717, 1.165) is 10.5 Å². The number of aryl methyl sites for hydroxylation is 1. The van der Waals surface area contributed by atoms with Crippen LogP contribution >= 0.6 is 11.8 Å². The first-order chi connectivity index (χ1) is 13.7. The average molecular weight is 412 g/mol. The minimum absolute atomic E-state index is 0.0377. The lowest BCUT2D eigenvalue weighted by Crippen LogP contribution is -2.43. The van der Waals surface area contributed by atoms with Gasteiger partial charge in [-0.1, -0.05) is 41.6 Å². The highest BCUT2D eigenvalue weighted by molar-refractivity contribution is 7.99. The summed E-state index contributed by atoms with van der Waals surface area (Å²) < 4.78 is 5.43. The standard InChI is InChI=1S/C24H29NO3S/c1-17-5-9-20(10-6-17)29-21-11-7-18(8-12-21)22(26)19-13-15-25(16-14-19)23(27)28-24(2,3)4/h5-12,19H,13-16H2,1-4H3. The number of nitrogens with zero attached hydrogens (tertiary/aromatic N) is 1. The van der Waals surface area contributed by atoms with Crippen molar-refractivity contribution in [2.75, 3.05) is 13.1 Å². The Morgan fingerprint density at radius 3 is 1.97 bits per heavy atom. The Hall–Kier alpha value is -2.27. The normalized spacial score (nSPS) is 15.2. The molecule has 4 nitrogen and oxygen atoms in total. The SMILES string of the molecule is Cc1ccc(Sc2ccc(C(=O)C3CCN(C(=O)OC(C)(C)C)CC3)cc2)cc1. The molecule has 0 atom stereocenters. The molecule has 1 saturated heterocycles. The highest BCUT2D eigenvalue weighted by Crippen LogP contribution is 2.29. The first-order valence-electron chi connectivity index (χ1n) is 10.1. The summed E-state index contributed by atoms with van der Waals surface area (Å²) in [5.74, 6) is 0.130. The Morgan fingerprint density at radius 1 is 0.931 bits per heavy atom. The Kier molecular flexibility index (Phi) is 6.68. The summed E-state index contributed by atoms with van der Waals surface area (Å²) >= 11 is 1.69. The van der Waals surface area contributed by atoms with Crippen molar-refractivity contribution in [2.24, 2.45) is 5.92 Å². The monoisotopic (exact) mass is 411 g/mol. The number of ketones is 1. The van der Waals surface area contributed by atoms with Gasteiger partial charge in [-0.2, -0.15) is 0 Å². The van der Waals surface area contributed by atoms with Gasteiger partial charge in [-0.15, -0.1) is 0 Å². The van der Waals surface area contributed by atoms with E-state index < -0.39 is 5.60 Å². The van der Waals surface area contributed by atoms with E-state index in [1.165, 1.54) is 10.5 Å². The zero-order valence-corrected chi connectivity index (χ0v) is 18.4. The minimum Gasteiger partial charge on any atom is -0.444 e. The zero-order valence-electron chi connectivity index (χ0n) is 17.6. The number of carbonyl (C=O) groups excluding carboxylic acids is 2. The van der Waals surface area contributed by atoms with Gasteiger partial charge in [0.2, 0.25) is 0 Å². The molecular weight excluding hydrogens is 382 g/mol. The van der Waals surface area contributed by atoms with Crippen molar-refractivity contribution in [3.05, 3.63) is 59.7 Å². The lowest BCUT2D eigenvalue weighted by atomic mass is 9.89.